The molecule has 2 aromatic rings. The Bertz CT molecular complexity index is 853. The van der Waals surface area contributed by atoms with Crippen molar-refractivity contribution < 1.29 is 19.4 Å². The van der Waals surface area contributed by atoms with E-state index in [0.717, 1.165) is 48.2 Å². The first kappa shape index (κ1) is 24.0. The Hall–Kier alpha value is -2.31. The van der Waals surface area contributed by atoms with Gasteiger partial charge in [-0.25, -0.2) is 0 Å². The van der Waals surface area contributed by atoms with Crippen molar-refractivity contribution in [1.82, 2.24) is 4.57 Å². The number of aliphatic hydroxyl groups excluding tert-OH is 1. The van der Waals surface area contributed by atoms with Gasteiger partial charge in [0.2, 0.25) is 0 Å². The first-order chi connectivity index (χ1) is 14.3. The average molecular weight is 417 g/mol. The summed E-state index contributed by atoms with van der Waals surface area (Å²) in [7, 11) is 5.18. The Morgan fingerprint density at radius 1 is 1.17 bits per heavy atom. The smallest absolute Gasteiger partial charge is 0.179 e. The first-order valence-corrected chi connectivity index (χ1v) is 10.6. The highest BCUT2D eigenvalue weighted by Crippen LogP contribution is 2.28. The SMILES string of the molecule is CCC(N)(CO)CCc1c(C)cc(C(=O)CCCc2ccc(OC)c(OC)c2)n1C. The minimum absolute atomic E-state index is 0.0328. The van der Waals surface area contributed by atoms with E-state index in [9.17, 15) is 9.90 Å². The van der Waals surface area contributed by atoms with Crippen molar-refractivity contribution >= 4 is 5.78 Å². The molecule has 0 saturated heterocycles. The van der Waals surface area contributed by atoms with Crippen molar-refractivity contribution in [1.29, 1.82) is 0 Å². The van der Waals surface area contributed by atoms with Crippen LogP contribution in [-0.2, 0) is 19.9 Å². The van der Waals surface area contributed by atoms with E-state index < -0.39 is 5.54 Å². The minimum atomic E-state index is -0.569. The average Bonchev–Trinajstić information content (AvgIpc) is 3.05. The molecule has 3 N–H and O–H groups in total. The van der Waals surface area contributed by atoms with Gasteiger partial charge in [-0.3, -0.25) is 4.79 Å². The molecule has 1 aromatic carbocycles. The zero-order valence-electron chi connectivity index (χ0n) is 19.0. The molecule has 1 aromatic heterocycles. The number of aromatic nitrogens is 1. The molecule has 0 spiro atoms. The summed E-state index contributed by atoms with van der Waals surface area (Å²) < 4.78 is 12.6. The second-order valence-corrected chi connectivity index (χ2v) is 8.06. The topological polar surface area (TPSA) is 86.7 Å². The van der Waals surface area contributed by atoms with E-state index in [1.165, 1.54) is 0 Å². The summed E-state index contributed by atoms with van der Waals surface area (Å²) in [5.41, 5.74) is 9.71. The zero-order valence-corrected chi connectivity index (χ0v) is 19.0. The fraction of sp³-hybridized carbons (Fsp3) is 0.542. The number of nitrogens with zero attached hydrogens (tertiary/aromatic N) is 1. The van der Waals surface area contributed by atoms with E-state index >= 15 is 0 Å². The van der Waals surface area contributed by atoms with Gasteiger partial charge >= 0.3 is 0 Å². The zero-order chi connectivity index (χ0) is 22.3. The van der Waals surface area contributed by atoms with Crippen LogP contribution in [0.5, 0.6) is 11.5 Å². The van der Waals surface area contributed by atoms with Gasteiger partial charge < -0.3 is 24.9 Å². The summed E-state index contributed by atoms with van der Waals surface area (Å²) in [6.45, 7) is 3.98. The molecule has 0 bridgehead atoms. The Balaban J connectivity index is 1.99. The molecule has 1 unspecified atom stereocenters. The maximum Gasteiger partial charge on any atom is 0.179 e. The number of ether oxygens (including phenoxy) is 2. The van der Waals surface area contributed by atoms with E-state index in [-0.39, 0.29) is 12.4 Å². The van der Waals surface area contributed by atoms with Crippen molar-refractivity contribution in [3.8, 4) is 11.5 Å². The fourth-order valence-corrected chi connectivity index (χ4v) is 3.78. The van der Waals surface area contributed by atoms with Crippen LogP contribution in [0.25, 0.3) is 0 Å². The number of hydrogen-bond donors (Lipinski definition) is 2. The molecule has 166 valence electrons. The lowest BCUT2D eigenvalue weighted by Crippen LogP contribution is -2.43. The summed E-state index contributed by atoms with van der Waals surface area (Å²) in [6, 6.07) is 7.83. The molecule has 0 fully saturated rings. The largest absolute Gasteiger partial charge is 0.493 e. The highest BCUT2D eigenvalue weighted by Gasteiger charge is 2.23. The second-order valence-electron chi connectivity index (χ2n) is 8.06. The minimum Gasteiger partial charge on any atom is -0.493 e. The third-order valence-corrected chi connectivity index (χ3v) is 6.06. The number of aryl methyl sites for hydroxylation is 2. The van der Waals surface area contributed by atoms with Gasteiger partial charge in [-0.2, -0.15) is 0 Å². The molecule has 6 heteroatoms. The second kappa shape index (κ2) is 10.6. The van der Waals surface area contributed by atoms with Crippen molar-refractivity contribution in [2.24, 2.45) is 12.8 Å². The highest BCUT2D eigenvalue weighted by molar-refractivity contribution is 5.95. The Kier molecular flexibility index (Phi) is 8.50. The normalized spacial score (nSPS) is 13.2. The van der Waals surface area contributed by atoms with Crippen molar-refractivity contribution in [3.63, 3.8) is 0 Å². The molecule has 2 rings (SSSR count). The molecular formula is C24H36N2O4. The van der Waals surface area contributed by atoms with Crippen molar-refractivity contribution in [2.75, 3.05) is 20.8 Å². The van der Waals surface area contributed by atoms with Crippen LogP contribution in [0.2, 0.25) is 0 Å². The van der Waals surface area contributed by atoms with Crippen molar-refractivity contribution in [2.45, 2.75) is 57.9 Å². The fourth-order valence-electron chi connectivity index (χ4n) is 3.78. The van der Waals surface area contributed by atoms with Gasteiger partial charge in [0.1, 0.15) is 0 Å². The summed E-state index contributed by atoms with van der Waals surface area (Å²) in [6.07, 6.45) is 4.19. The van der Waals surface area contributed by atoms with Crippen LogP contribution in [0.1, 0.15) is 59.9 Å². The van der Waals surface area contributed by atoms with Gasteiger partial charge in [-0.15, -0.1) is 0 Å². The molecule has 0 radical (unpaired) electrons. The number of nitrogens with two attached hydrogens (primary N) is 1. The predicted molar refractivity (Wildman–Crippen MR) is 120 cm³/mol. The van der Waals surface area contributed by atoms with Gasteiger partial charge in [-0.05, 0) is 68.4 Å². The van der Waals surface area contributed by atoms with Crippen LogP contribution >= 0.6 is 0 Å². The molecule has 1 heterocycles. The molecule has 0 aliphatic heterocycles. The van der Waals surface area contributed by atoms with Gasteiger partial charge in [0.05, 0.1) is 26.5 Å². The van der Waals surface area contributed by atoms with E-state index in [2.05, 4.69) is 0 Å². The quantitative estimate of drug-likeness (QED) is 0.517. The van der Waals surface area contributed by atoms with E-state index in [1.54, 1.807) is 14.2 Å². The van der Waals surface area contributed by atoms with Crippen LogP contribution in [0.3, 0.4) is 0 Å². The molecule has 30 heavy (non-hydrogen) atoms. The summed E-state index contributed by atoms with van der Waals surface area (Å²) in [4.78, 5) is 12.8. The Labute approximate surface area is 180 Å². The van der Waals surface area contributed by atoms with Crippen LogP contribution in [0.15, 0.2) is 24.3 Å². The predicted octanol–water partition coefficient (Wildman–Crippen LogP) is 3.59. The highest BCUT2D eigenvalue weighted by atomic mass is 16.5. The number of aliphatic hydroxyl groups is 1. The molecular weight excluding hydrogens is 380 g/mol. The third-order valence-electron chi connectivity index (χ3n) is 6.06. The maximum absolute atomic E-state index is 12.8. The number of carbonyl (C=O) groups excluding carboxylic acids is 1. The Morgan fingerprint density at radius 2 is 1.87 bits per heavy atom. The molecule has 0 aliphatic rings. The molecule has 0 aliphatic carbocycles. The lowest BCUT2D eigenvalue weighted by atomic mass is 9.91. The number of methoxy groups -OCH3 is 2. The van der Waals surface area contributed by atoms with Crippen LogP contribution in [0, 0.1) is 6.92 Å². The summed E-state index contributed by atoms with van der Waals surface area (Å²) in [5.74, 6) is 1.55. The van der Waals surface area contributed by atoms with Gasteiger partial charge in [-0.1, -0.05) is 13.0 Å². The monoisotopic (exact) mass is 416 g/mol. The number of ketones is 1. The lowest BCUT2D eigenvalue weighted by Gasteiger charge is -2.25. The summed E-state index contributed by atoms with van der Waals surface area (Å²) >= 11 is 0. The first-order valence-electron chi connectivity index (χ1n) is 10.6. The molecule has 6 nitrogen and oxygen atoms in total. The van der Waals surface area contributed by atoms with Crippen LogP contribution < -0.4 is 15.2 Å². The van der Waals surface area contributed by atoms with Gasteiger partial charge in [0.25, 0.3) is 0 Å². The molecule has 1 atom stereocenters. The number of hydrogen-bond acceptors (Lipinski definition) is 5. The van der Waals surface area contributed by atoms with E-state index in [4.69, 9.17) is 15.2 Å². The number of benzene rings is 1. The molecule has 0 amide bonds. The van der Waals surface area contributed by atoms with Crippen LogP contribution in [-0.4, -0.2) is 41.8 Å². The number of carbonyl (C=O) groups is 1. The lowest BCUT2D eigenvalue weighted by molar-refractivity contribution is 0.0972. The third kappa shape index (κ3) is 5.64. The van der Waals surface area contributed by atoms with Gasteiger partial charge in [0, 0.05) is 24.7 Å². The number of rotatable bonds is 12. The van der Waals surface area contributed by atoms with Crippen molar-refractivity contribution in [3.05, 3.63) is 46.8 Å². The maximum atomic E-state index is 12.8. The van der Waals surface area contributed by atoms with E-state index in [1.807, 2.05) is 49.7 Å². The van der Waals surface area contributed by atoms with Crippen LogP contribution in [0.4, 0.5) is 0 Å². The van der Waals surface area contributed by atoms with E-state index in [0.29, 0.717) is 24.3 Å². The Morgan fingerprint density at radius 3 is 2.47 bits per heavy atom. The standard InChI is InChI=1S/C24H36N2O4/c1-6-24(25,16-27)13-12-19-17(2)14-20(26(19)3)21(28)9-7-8-18-10-11-22(29-4)23(15-18)30-5/h10-11,14-15,27H,6-9,12-13,16,25H2,1-5H3. The van der Waals surface area contributed by atoms with Gasteiger partial charge in [0.15, 0.2) is 17.3 Å². The summed E-state index contributed by atoms with van der Waals surface area (Å²) in [5, 5.41) is 9.55. The molecule has 0 saturated carbocycles. The number of Topliss-reactive ketones (excluding diaryl/α,β-unsaturated/α-hetero) is 1.